The van der Waals surface area contributed by atoms with Crippen molar-refractivity contribution in [2.45, 2.75) is 26.5 Å². The molecule has 0 radical (unpaired) electrons. The van der Waals surface area contributed by atoms with Crippen molar-refractivity contribution in [1.82, 2.24) is 10.2 Å². The van der Waals surface area contributed by atoms with E-state index in [1.807, 2.05) is 50.2 Å². The third-order valence-electron chi connectivity index (χ3n) is 4.03. The summed E-state index contributed by atoms with van der Waals surface area (Å²) in [6.45, 7) is 4.46. The van der Waals surface area contributed by atoms with E-state index in [-0.39, 0.29) is 17.7 Å². The Bertz CT molecular complexity index is 941. The third kappa shape index (κ3) is 5.68. The quantitative estimate of drug-likeness (QED) is 0.599. The van der Waals surface area contributed by atoms with E-state index in [4.69, 9.17) is 9.47 Å². The van der Waals surface area contributed by atoms with E-state index in [1.54, 1.807) is 31.4 Å². The maximum absolute atomic E-state index is 12.4. The topological polar surface area (TPSA) is 85.4 Å². The Morgan fingerprint density at radius 3 is 2.41 bits per heavy atom. The lowest BCUT2D eigenvalue weighted by molar-refractivity contribution is 0.102. The Morgan fingerprint density at radius 2 is 1.76 bits per heavy atom. The molecular formula is C22H24N4O3. The first-order valence-corrected chi connectivity index (χ1v) is 9.32. The van der Waals surface area contributed by atoms with Crippen LogP contribution in [0.2, 0.25) is 0 Å². The fourth-order valence-electron chi connectivity index (χ4n) is 2.67. The van der Waals surface area contributed by atoms with Crippen LogP contribution >= 0.6 is 0 Å². The molecule has 2 aromatic carbocycles. The van der Waals surface area contributed by atoms with E-state index < -0.39 is 0 Å². The molecule has 1 aromatic heterocycles. The van der Waals surface area contributed by atoms with Crippen molar-refractivity contribution >= 4 is 17.4 Å². The highest BCUT2D eigenvalue weighted by Crippen LogP contribution is 2.19. The molecular weight excluding hydrogens is 368 g/mol. The van der Waals surface area contributed by atoms with Crippen LogP contribution in [0.4, 0.5) is 11.5 Å². The van der Waals surface area contributed by atoms with Gasteiger partial charge in [0.1, 0.15) is 17.3 Å². The minimum atomic E-state index is -0.327. The highest BCUT2D eigenvalue weighted by Gasteiger charge is 2.09. The summed E-state index contributed by atoms with van der Waals surface area (Å²) in [4.78, 5) is 12.4. The van der Waals surface area contributed by atoms with Crippen LogP contribution in [0.25, 0.3) is 0 Å². The van der Waals surface area contributed by atoms with Crippen molar-refractivity contribution in [3.8, 4) is 11.5 Å². The van der Waals surface area contributed by atoms with Crippen LogP contribution < -0.4 is 20.1 Å². The summed E-state index contributed by atoms with van der Waals surface area (Å²) < 4.78 is 10.9. The number of nitrogens with zero attached hydrogens (tertiary/aromatic N) is 2. The number of nitrogens with one attached hydrogen (secondary N) is 2. The lowest BCUT2D eigenvalue weighted by Gasteiger charge is -2.11. The van der Waals surface area contributed by atoms with Gasteiger partial charge in [-0.1, -0.05) is 18.2 Å². The Morgan fingerprint density at radius 1 is 1.00 bits per heavy atom. The fourth-order valence-corrected chi connectivity index (χ4v) is 2.67. The van der Waals surface area contributed by atoms with Gasteiger partial charge in [0.25, 0.3) is 5.91 Å². The zero-order valence-electron chi connectivity index (χ0n) is 16.7. The molecule has 7 heteroatoms. The third-order valence-corrected chi connectivity index (χ3v) is 4.03. The van der Waals surface area contributed by atoms with Gasteiger partial charge in [-0.15, -0.1) is 10.2 Å². The molecule has 1 heterocycles. The van der Waals surface area contributed by atoms with E-state index in [2.05, 4.69) is 20.8 Å². The van der Waals surface area contributed by atoms with Crippen LogP contribution in [0, 0.1) is 0 Å². The summed E-state index contributed by atoms with van der Waals surface area (Å²) in [7, 11) is 1.64. The number of carbonyl (C=O) groups is 1. The van der Waals surface area contributed by atoms with Crippen molar-refractivity contribution in [2.75, 3.05) is 17.7 Å². The molecule has 0 aliphatic heterocycles. The second-order valence-corrected chi connectivity index (χ2v) is 6.61. The van der Waals surface area contributed by atoms with Crippen LogP contribution in [0.3, 0.4) is 0 Å². The molecule has 1 amide bonds. The van der Waals surface area contributed by atoms with Crippen LogP contribution in [0.1, 0.15) is 29.9 Å². The van der Waals surface area contributed by atoms with Crippen LogP contribution in [0.5, 0.6) is 11.5 Å². The number of carbonyl (C=O) groups excluding carboxylic acids is 1. The van der Waals surface area contributed by atoms with Gasteiger partial charge in [-0.3, -0.25) is 4.79 Å². The number of aromatic nitrogens is 2. The van der Waals surface area contributed by atoms with E-state index in [0.29, 0.717) is 18.1 Å². The average Bonchev–Trinajstić information content (AvgIpc) is 2.74. The Labute approximate surface area is 170 Å². The molecule has 0 aliphatic rings. The predicted molar refractivity (Wildman–Crippen MR) is 113 cm³/mol. The minimum absolute atomic E-state index is 0.0980. The molecule has 0 spiro atoms. The van der Waals surface area contributed by atoms with Gasteiger partial charge in [0.05, 0.1) is 13.2 Å². The molecule has 3 rings (SSSR count). The first-order valence-electron chi connectivity index (χ1n) is 9.32. The van der Waals surface area contributed by atoms with Crippen molar-refractivity contribution in [3.63, 3.8) is 0 Å². The molecule has 0 unspecified atom stereocenters. The number of hydrogen-bond acceptors (Lipinski definition) is 6. The molecule has 0 fully saturated rings. The van der Waals surface area contributed by atoms with E-state index in [1.165, 1.54) is 0 Å². The number of anilines is 2. The maximum atomic E-state index is 12.4. The molecule has 150 valence electrons. The largest absolute Gasteiger partial charge is 0.496 e. The predicted octanol–water partition coefficient (Wildman–Crippen LogP) is 4.14. The normalized spacial score (nSPS) is 10.5. The first-order chi connectivity index (χ1) is 14.0. The maximum Gasteiger partial charge on any atom is 0.276 e. The molecule has 0 atom stereocenters. The summed E-state index contributed by atoms with van der Waals surface area (Å²) >= 11 is 0. The van der Waals surface area contributed by atoms with Gasteiger partial charge >= 0.3 is 0 Å². The smallest absolute Gasteiger partial charge is 0.276 e. The second kappa shape index (κ2) is 9.54. The highest BCUT2D eigenvalue weighted by molar-refractivity contribution is 6.02. The summed E-state index contributed by atoms with van der Waals surface area (Å²) in [5.41, 5.74) is 1.89. The van der Waals surface area contributed by atoms with Crippen LogP contribution in [-0.4, -0.2) is 29.3 Å². The van der Waals surface area contributed by atoms with Crippen molar-refractivity contribution in [3.05, 3.63) is 71.9 Å². The number of ether oxygens (including phenoxy) is 2. The monoisotopic (exact) mass is 392 g/mol. The molecule has 7 nitrogen and oxygen atoms in total. The Balaban J connectivity index is 1.57. The summed E-state index contributed by atoms with van der Waals surface area (Å²) in [5, 5.41) is 14.1. The van der Waals surface area contributed by atoms with E-state index in [9.17, 15) is 4.79 Å². The molecule has 0 saturated carbocycles. The number of rotatable bonds is 8. The summed E-state index contributed by atoms with van der Waals surface area (Å²) in [6.07, 6.45) is 0.0980. The summed E-state index contributed by atoms with van der Waals surface area (Å²) in [5.74, 6) is 1.80. The van der Waals surface area contributed by atoms with E-state index >= 15 is 0 Å². The standard InChI is InChI=1S/C22H24N4O3/c1-15(2)29-18-10-8-17(9-11-18)24-22(27)19-12-13-21(26-25-19)23-14-16-6-4-5-7-20(16)28-3/h4-13,15H,14H2,1-3H3,(H,23,26)(H,24,27). The SMILES string of the molecule is COc1ccccc1CNc1ccc(C(=O)Nc2ccc(OC(C)C)cc2)nn1. The molecule has 2 N–H and O–H groups in total. The van der Waals surface area contributed by atoms with Gasteiger partial charge in [-0.25, -0.2) is 0 Å². The molecule has 3 aromatic rings. The van der Waals surface area contributed by atoms with Gasteiger partial charge in [-0.05, 0) is 56.3 Å². The average molecular weight is 392 g/mol. The highest BCUT2D eigenvalue weighted by atomic mass is 16.5. The van der Waals surface area contributed by atoms with Crippen molar-refractivity contribution in [2.24, 2.45) is 0 Å². The van der Waals surface area contributed by atoms with Crippen LogP contribution in [0.15, 0.2) is 60.7 Å². The number of para-hydroxylation sites is 1. The van der Waals surface area contributed by atoms with Crippen molar-refractivity contribution < 1.29 is 14.3 Å². The zero-order valence-corrected chi connectivity index (χ0v) is 16.7. The fraction of sp³-hybridized carbons (Fsp3) is 0.227. The number of methoxy groups -OCH3 is 1. The lowest BCUT2D eigenvalue weighted by atomic mass is 10.2. The molecule has 0 aliphatic carbocycles. The molecule has 29 heavy (non-hydrogen) atoms. The number of benzene rings is 2. The van der Waals surface area contributed by atoms with Gasteiger partial charge in [-0.2, -0.15) is 0 Å². The zero-order chi connectivity index (χ0) is 20.6. The number of amides is 1. The molecule has 0 saturated heterocycles. The Kier molecular flexibility index (Phi) is 6.63. The van der Waals surface area contributed by atoms with Gasteiger partial charge in [0.2, 0.25) is 0 Å². The minimum Gasteiger partial charge on any atom is -0.496 e. The first kappa shape index (κ1) is 20.1. The Hall–Kier alpha value is -3.61. The molecule has 0 bridgehead atoms. The lowest BCUT2D eigenvalue weighted by Crippen LogP contribution is -2.15. The van der Waals surface area contributed by atoms with E-state index in [0.717, 1.165) is 17.1 Å². The number of hydrogen-bond donors (Lipinski definition) is 2. The second-order valence-electron chi connectivity index (χ2n) is 6.61. The van der Waals surface area contributed by atoms with Gasteiger partial charge in [0.15, 0.2) is 5.69 Å². The van der Waals surface area contributed by atoms with Crippen LogP contribution in [-0.2, 0) is 6.54 Å². The van der Waals surface area contributed by atoms with Gasteiger partial charge in [0, 0.05) is 17.8 Å². The van der Waals surface area contributed by atoms with Gasteiger partial charge < -0.3 is 20.1 Å². The summed E-state index contributed by atoms with van der Waals surface area (Å²) in [6, 6.07) is 18.3. The van der Waals surface area contributed by atoms with Crippen molar-refractivity contribution in [1.29, 1.82) is 0 Å².